The molecular formula is C43H50BrN3O12S. The number of anilines is 1. The van der Waals surface area contributed by atoms with E-state index in [-0.39, 0.29) is 47.4 Å². The molecule has 0 spiro atoms. The Bertz CT molecular complexity index is 2140. The van der Waals surface area contributed by atoms with Gasteiger partial charge in [0.1, 0.15) is 12.6 Å². The zero-order valence-corrected chi connectivity index (χ0v) is 35.7. The Morgan fingerprint density at radius 3 is 2.58 bits per heavy atom. The van der Waals surface area contributed by atoms with Crippen molar-refractivity contribution in [1.82, 2.24) is 10.6 Å². The Morgan fingerprint density at radius 2 is 1.87 bits per heavy atom. The standard InChI is InChI=1S/C43H50BrN3O12S/c1-41-10-9-26(50)14-25(41)5-6-27-28-15-34-43(33(52)20-49,42(28,2)16-31(51)38(27)41)59-40(58-34)32-13-23(21-60-32)11-22-3-4-24(19-48)30(12-22)47-39(57)29(7-8-37(55)56)46-36(54)18-45-35(53)17-44/h3-4,9-10,12-14,21,27-29,31,34,38,40,48-49,51H,5-8,11,15-20H2,1-2H3,(H,45,53)(H,46,54)(H,47,57)(H,55,56)/t27-,28-,29-,31-,34+,38+,40+,41-,42-,43+/m0/s1. The van der Waals surface area contributed by atoms with Crippen LogP contribution in [0.5, 0.6) is 0 Å². The van der Waals surface area contributed by atoms with Gasteiger partial charge in [0.05, 0.1) is 35.6 Å². The molecule has 0 bridgehead atoms. The number of allylic oxidation sites excluding steroid dienone is 4. The molecule has 1 aliphatic heterocycles. The number of aliphatic carboxylic acids is 1. The molecule has 322 valence electrons. The number of alkyl halides is 1. The van der Waals surface area contributed by atoms with Gasteiger partial charge in [-0.25, -0.2) is 0 Å². The van der Waals surface area contributed by atoms with Crippen LogP contribution in [-0.2, 0) is 51.3 Å². The van der Waals surface area contributed by atoms with E-state index in [1.54, 1.807) is 30.4 Å². The molecule has 3 amide bonds. The summed E-state index contributed by atoms with van der Waals surface area (Å²) in [6.45, 7) is 2.51. The fourth-order valence-electron chi connectivity index (χ4n) is 10.9. The number of thiophene rings is 1. The average molecular weight is 913 g/mol. The van der Waals surface area contributed by atoms with Crippen molar-refractivity contribution in [2.45, 2.75) is 95.5 Å². The number of hydrogen-bond acceptors (Lipinski definition) is 12. The van der Waals surface area contributed by atoms with E-state index >= 15 is 0 Å². The predicted molar refractivity (Wildman–Crippen MR) is 221 cm³/mol. The summed E-state index contributed by atoms with van der Waals surface area (Å²) in [5.74, 6) is -3.67. The summed E-state index contributed by atoms with van der Waals surface area (Å²) in [7, 11) is 0. The summed E-state index contributed by atoms with van der Waals surface area (Å²) >= 11 is 4.37. The first-order valence-corrected chi connectivity index (χ1v) is 22.1. The van der Waals surface area contributed by atoms with Crippen LogP contribution in [0.3, 0.4) is 0 Å². The molecule has 3 saturated carbocycles. The number of carbonyl (C=O) groups is 6. The van der Waals surface area contributed by atoms with E-state index in [1.807, 2.05) is 24.4 Å². The zero-order chi connectivity index (χ0) is 43.1. The SMILES string of the molecule is C[C@]12C=CC(=O)C=C1CC[C@@H]1[C@@H]2[C@@H](O)C[C@@]2(C)[C@H]1C[C@H]1O[C@@H](c3cc(Cc4ccc(CO)c(NC(=O)[C@H](CCC(=O)O)NC(=O)CNC(=O)CBr)c4)cs3)O[C@]12C(=O)CO. The molecule has 5 aliphatic rings. The van der Waals surface area contributed by atoms with Gasteiger partial charge >= 0.3 is 5.97 Å². The summed E-state index contributed by atoms with van der Waals surface area (Å²) in [4.78, 5) is 75.8. The number of benzene rings is 1. The number of carbonyl (C=O) groups excluding carboxylic acids is 5. The number of ether oxygens (including phenoxy) is 2. The normalized spacial score (nSPS) is 31.8. The molecule has 2 heterocycles. The molecule has 60 heavy (non-hydrogen) atoms. The lowest BCUT2D eigenvalue weighted by Gasteiger charge is -2.59. The Morgan fingerprint density at radius 1 is 1.08 bits per heavy atom. The Kier molecular flexibility index (Phi) is 12.7. The third-order valence-corrected chi connectivity index (χ3v) is 15.1. The number of carboxylic acids is 1. The van der Waals surface area contributed by atoms with E-state index < -0.39 is 96.6 Å². The lowest BCUT2D eigenvalue weighted by molar-refractivity contribution is -0.200. The summed E-state index contributed by atoms with van der Waals surface area (Å²) in [6.07, 6.45) is 4.88. The molecule has 1 saturated heterocycles. The maximum Gasteiger partial charge on any atom is 0.303 e. The smallest absolute Gasteiger partial charge is 0.303 e. The van der Waals surface area contributed by atoms with Crippen LogP contribution >= 0.6 is 27.3 Å². The highest BCUT2D eigenvalue weighted by molar-refractivity contribution is 9.09. The molecule has 7 N–H and O–H groups in total. The quantitative estimate of drug-likeness (QED) is 0.128. The van der Waals surface area contributed by atoms with Gasteiger partial charge < -0.3 is 45.9 Å². The number of amides is 3. The first-order valence-electron chi connectivity index (χ1n) is 20.1. The highest BCUT2D eigenvalue weighted by Gasteiger charge is 2.76. The number of fused-ring (bicyclic) bond motifs is 7. The Labute approximate surface area is 359 Å². The van der Waals surface area contributed by atoms with Crippen LogP contribution in [0.2, 0.25) is 0 Å². The zero-order valence-electron chi connectivity index (χ0n) is 33.3. The molecule has 0 radical (unpaired) electrons. The molecule has 1 aromatic carbocycles. The van der Waals surface area contributed by atoms with Crippen LogP contribution in [0.25, 0.3) is 0 Å². The molecule has 4 fully saturated rings. The first kappa shape index (κ1) is 44.0. The number of aliphatic hydroxyl groups is 3. The number of nitrogens with one attached hydrogen (secondary N) is 3. The van der Waals surface area contributed by atoms with Crippen LogP contribution < -0.4 is 16.0 Å². The molecular weight excluding hydrogens is 862 g/mol. The van der Waals surface area contributed by atoms with E-state index in [0.29, 0.717) is 29.7 Å². The molecule has 4 aliphatic carbocycles. The van der Waals surface area contributed by atoms with Gasteiger partial charge in [0.15, 0.2) is 23.5 Å². The van der Waals surface area contributed by atoms with Gasteiger partial charge in [-0.15, -0.1) is 11.3 Å². The van der Waals surface area contributed by atoms with E-state index in [2.05, 4.69) is 38.8 Å². The lowest BCUT2D eigenvalue weighted by Crippen LogP contribution is -2.63. The van der Waals surface area contributed by atoms with Gasteiger partial charge in [0.2, 0.25) is 17.7 Å². The van der Waals surface area contributed by atoms with Crippen LogP contribution in [0.15, 0.2) is 53.4 Å². The van der Waals surface area contributed by atoms with Crippen LogP contribution in [0, 0.1) is 28.6 Å². The Balaban J connectivity index is 1.06. The van der Waals surface area contributed by atoms with Crippen molar-refractivity contribution in [3.8, 4) is 0 Å². The number of aliphatic hydroxyl groups excluding tert-OH is 3. The van der Waals surface area contributed by atoms with Crippen LogP contribution in [-0.4, -0.2) is 98.0 Å². The second-order valence-corrected chi connectivity index (χ2v) is 18.5. The van der Waals surface area contributed by atoms with E-state index in [0.717, 1.165) is 23.1 Å². The number of carboxylic acid groups (broad SMARTS) is 1. The summed E-state index contributed by atoms with van der Waals surface area (Å²) in [6, 6.07) is 5.80. The second kappa shape index (κ2) is 17.3. The van der Waals surface area contributed by atoms with Gasteiger partial charge in [-0.2, -0.15) is 0 Å². The number of Topliss-reactive ketones (excluding diaryl/α,β-unsaturated/α-hetero) is 1. The average Bonchev–Trinajstić information content (AvgIpc) is 3.91. The minimum atomic E-state index is -1.49. The topological polar surface area (TPSA) is 238 Å². The minimum Gasteiger partial charge on any atom is -0.481 e. The lowest BCUT2D eigenvalue weighted by atomic mass is 9.46. The highest BCUT2D eigenvalue weighted by Crippen LogP contribution is 2.70. The maximum absolute atomic E-state index is 14.0. The fourth-order valence-corrected chi connectivity index (χ4v) is 11.9. The molecule has 7 rings (SSSR count). The molecule has 10 atom stereocenters. The van der Waals surface area contributed by atoms with Gasteiger partial charge in [0.25, 0.3) is 0 Å². The first-order chi connectivity index (χ1) is 28.6. The highest BCUT2D eigenvalue weighted by atomic mass is 79.9. The molecule has 17 heteroatoms. The van der Waals surface area contributed by atoms with Gasteiger partial charge in [-0.05, 0) is 91.2 Å². The van der Waals surface area contributed by atoms with Crippen molar-refractivity contribution in [3.63, 3.8) is 0 Å². The van der Waals surface area contributed by atoms with Crippen LogP contribution in [0.4, 0.5) is 5.69 Å². The molecule has 1 aromatic heterocycles. The summed E-state index contributed by atoms with van der Waals surface area (Å²) < 4.78 is 13.4. The number of hydrogen-bond donors (Lipinski definition) is 7. The van der Waals surface area contributed by atoms with Crippen molar-refractivity contribution < 1.29 is 58.7 Å². The molecule has 15 nitrogen and oxygen atoms in total. The molecule has 2 aromatic rings. The number of halogens is 1. The van der Waals surface area contributed by atoms with E-state index in [9.17, 15) is 49.2 Å². The van der Waals surface area contributed by atoms with Crippen molar-refractivity contribution in [2.24, 2.45) is 28.6 Å². The van der Waals surface area contributed by atoms with Crippen LogP contribution in [0.1, 0.15) is 80.2 Å². The monoisotopic (exact) mass is 911 g/mol. The minimum absolute atomic E-state index is 0.0266. The van der Waals surface area contributed by atoms with Crippen molar-refractivity contribution in [3.05, 3.63) is 75.0 Å². The number of ketones is 2. The largest absolute Gasteiger partial charge is 0.481 e. The summed E-state index contributed by atoms with van der Waals surface area (Å²) in [5, 5.41) is 51.1. The fraction of sp³-hybridized carbons (Fsp3) is 0.535. The van der Waals surface area contributed by atoms with Crippen molar-refractivity contribution in [2.75, 3.05) is 23.8 Å². The van der Waals surface area contributed by atoms with Gasteiger partial charge in [-0.1, -0.05) is 53.6 Å². The predicted octanol–water partition coefficient (Wildman–Crippen LogP) is 3.23. The third-order valence-electron chi connectivity index (χ3n) is 13.6. The van der Waals surface area contributed by atoms with Gasteiger partial charge in [0, 0.05) is 34.4 Å². The third kappa shape index (κ3) is 7.93. The van der Waals surface area contributed by atoms with E-state index in [1.165, 1.54) is 11.3 Å². The van der Waals surface area contributed by atoms with Crippen molar-refractivity contribution >= 4 is 68.2 Å². The molecule has 0 unspecified atom stereocenters. The van der Waals surface area contributed by atoms with Crippen molar-refractivity contribution in [1.29, 1.82) is 0 Å². The second-order valence-electron chi connectivity index (χ2n) is 17.0. The maximum atomic E-state index is 14.0. The Hall–Kier alpha value is -4.10. The number of rotatable bonds is 15. The summed E-state index contributed by atoms with van der Waals surface area (Å²) in [5.41, 5.74) is 0.496. The van der Waals surface area contributed by atoms with E-state index in [4.69, 9.17) is 9.47 Å². The van der Waals surface area contributed by atoms with Gasteiger partial charge in [-0.3, -0.25) is 28.8 Å².